The number of pyridine rings is 1. The molecule has 11 heteroatoms. The number of aromatic nitrogens is 3. The molecule has 28 heavy (non-hydrogen) atoms. The summed E-state index contributed by atoms with van der Waals surface area (Å²) in [5.41, 5.74) is 0. The van der Waals surface area contributed by atoms with E-state index in [1.807, 2.05) is 6.07 Å². The molecule has 0 unspecified atom stereocenters. The Morgan fingerprint density at radius 1 is 0.857 bits per heavy atom. The molecule has 0 aliphatic heterocycles. The van der Waals surface area contributed by atoms with E-state index in [2.05, 4.69) is 30.3 Å². The van der Waals surface area contributed by atoms with Gasteiger partial charge < -0.3 is 10.6 Å². The Labute approximate surface area is 160 Å². The fourth-order valence-electron chi connectivity index (χ4n) is 2.28. The summed E-state index contributed by atoms with van der Waals surface area (Å²) in [6.07, 6.45) is 2.96. The molecule has 1 aromatic carbocycles. The number of hydrogen-bond donors (Lipinski definition) is 3. The predicted molar refractivity (Wildman–Crippen MR) is 99.6 cm³/mol. The second kappa shape index (κ2) is 8.67. The molecule has 0 spiro atoms. The highest BCUT2D eigenvalue weighted by molar-refractivity contribution is 7.89. The topological polar surface area (TPSA) is 109 Å². The summed E-state index contributed by atoms with van der Waals surface area (Å²) in [5, 5.41) is 5.89. The maximum Gasteiger partial charge on any atom is 0.246 e. The number of anilines is 3. The molecule has 2 heterocycles. The maximum absolute atomic E-state index is 13.6. The van der Waals surface area contributed by atoms with Crippen LogP contribution in [0.2, 0.25) is 0 Å². The van der Waals surface area contributed by atoms with Crippen LogP contribution in [0.4, 0.5) is 26.2 Å². The summed E-state index contributed by atoms with van der Waals surface area (Å²) in [6.45, 7) is 0.0262. The highest BCUT2D eigenvalue weighted by Crippen LogP contribution is 2.18. The van der Waals surface area contributed by atoms with E-state index in [-0.39, 0.29) is 13.1 Å². The number of nitrogens with zero attached hydrogens (tertiary/aromatic N) is 3. The lowest BCUT2D eigenvalue weighted by Crippen LogP contribution is -2.30. The summed E-state index contributed by atoms with van der Waals surface area (Å²) in [5.74, 6) is -0.773. The molecule has 0 fully saturated rings. The third kappa shape index (κ3) is 4.96. The number of hydrogen-bond acceptors (Lipinski definition) is 7. The fourth-order valence-corrected chi connectivity index (χ4v) is 3.44. The van der Waals surface area contributed by atoms with Crippen molar-refractivity contribution in [3.63, 3.8) is 0 Å². The van der Waals surface area contributed by atoms with Crippen molar-refractivity contribution in [2.45, 2.75) is 4.90 Å². The summed E-state index contributed by atoms with van der Waals surface area (Å²) in [7, 11) is -4.32. The number of sulfonamides is 1. The van der Waals surface area contributed by atoms with Crippen LogP contribution in [-0.2, 0) is 10.0 Å². The molecule has 3 aromatic rings. The van der Waals surface area contributed by atoms with Crippen molar-refractivity contribution in [1.82, 2.24) is 19.7 Å². The first-order valence-corrected chi connectivity index (χ1v) is 9.62. The van der Waals surface area contributed by atoms with Gasteiger partial charge in [-0.1, -0.05) is 12.1 Å². The number of rotatable bonds is 8. The summed E-state index contributed by atoms with van der Waals surface area (Å²) in [6, 6.07) is 9.84. The summed E-state index contributed by atoms with van der Waals surface area (Å²) in [4.78, 5) is 11.2. The van der Waals surface area contributed by atoms with E-state index in [4.69, 9.17) is 0 Å². The van der Waals surface area contributed by atoms with Gasteiger partial charge in [-0.05, 0) is 24.3 Å². The van der Waals surface area contributed by atoms with Gasteiger partial charge in [0.25, 0.3) is 0 Å². The molecule has 0 bridgehead atoms. The van der Waals surface area contributed by atoms with Crippen LogP contribution in [0.5, 0.6) is 0 Å². The van der Waals surface area contributed by atoms with E-state index < -0.39 is 26.6 Å². The van der Waals surface area contributed by atoms with Gasteiger partial charge in [-0.15, -0.1) is 0 Å². The van der Waals surface area contributed by atoms with Crippen molar-refractivity contribution in [3.8, 4) is 0 Å². The molecular weight excluding hydrogens is 390 g/mol. The van der Waals surface area contributed by atoms with Gasteiger partial charge in [0.15, 0.2) is 4.90 Å². The third-order valence-electron chi connectivity index (χ3n) is 3.50. The fraction of sp³-hybridized carbons (Fsp3) is 0.118. The van der Waals surface area contributed by atoms with Gasteiger partial charge >= 0.3 is 0 Å². The SMILES string of the molecule is O=S(=O)(NCCNc1cc(Nc2ccccn2)ncn1)c1c(F)cccc1F. The lowest BCUT2D eigenvalue weighted by Gasteiger charge is -2.10. The maximum atomic E-state index is 13.6. The molecule has 0 aliphatic rings. The Hall–Kier alpha value is -3.18. The van der Waals surface area contributed by atoms with Gasteiger partial charge in [0.1, 0.15) is 35.4 Å². The molecule has 0 saturated carbocycles. The lowest BCUT2D eigenvalue weighted by atomic mass is 10.3. The molecule has 8 nitrogen and oxygen atoms in total. The Morgan fingerprint density at radius 3 is 2.32 bits per heavy atom. The van der Waals surface area contributed by atoms with Crippen LogP contribution in [0.1, 0.15) is 0 Å². The largest absolute Gasteiger partial charge is 0.369 e. The second-order valence-corrected chi connectivity index (χ2v) is 7.21. The zero-order chi connectivity index (χ0) is 20.0. The Balaban J connectivity index is 1.56. The molecule has 146 valence electrons. The van der Waals surface area contributed by atoms with Gasteiger partial charge in [0, 0.05) is 25.4 Å². The van der Waals surface area contributed by atoms with Crippen LogP contribution >= 0.6 is 0 Å². The van der Waals surface area contributed by atoms with Crippen LogP contribution in [-0.4, -0.2) is 36.5 Å². The average molecular weight is 406 g/mol. The minimum absolute atomic E-state index is 0.108. The number of nitrogens with one attached hydrogen (secondary N) is 3. The van der Waals surface area contributed by atoms with Crippen molar-refractivity contribution < 1.29 is 17.2 Å². The normalized spacial score (nSPS) is 11.2. The molecule has 0 radical (unpaired) electrons. The zero-order valence-electron chi connectivity index (χ0n) is 14.4. The highest BCUT2D eigenvalue weighted by atomic mass is 32.2. The predicted octanol–water partition coefficient (Wildman–Crippen LogP) is 2.28. The highest BCUT2D eigenvalue weighted by Gasteiger charge is 2.23. The summed E-state index contributed by atoms with van der Waals surface area (Å²) >= 11 is 0. The zero-order valence-corrected chi connectivity index (χ0v) is 15.2. The molecule has 0 aliphatic carbocycles. The Kier molecular flexibility index (Phi) is 6.06. The molecule has 3 N–H and O–H groups in total. The molecule has 2 aromatic heterocycles. The van der Waals surface area contributed by atoms with E-state index in [0.29, 0.717) is 17.5 Å². The van der Waals surface area contributed by atoms with Crippen molar-refractivity contribution in [3.05, 3.63) is 66.6 Å². The first kappa shape index (κ1) is 19.6. The van der Waals surface area contributed by atoms with Crippen molar-refractivity contribution in [2.24, 2.45) is 0 Å². The van der Waals surface area contributed by atoms with Crippen LogP contribution in [0.3, 0.4) is 0 Å². The van der Waals surface area contributed by atoms with Crippen LogP contribution < -0.4 is 15.4 Å². The quantitative estimate of drug-likeness (QED) is 0.493. The van der Waals surface area contributed by atoms with Crippen LogP contribution in [0, 0.1) is 11.6 Å². The third-order valence-corrected chi connectivity index (χ3v) is 5.01. The van der Waals surface area contributed by atoms with E-state index in [0.717, 1.165) is 18.2 Å². The second-order valence-electron chi connectivity index (χ2n) is 5.50. The van der Waals surface area contributed by atoms with Gasteiger partial charge in [0.2, 0.25) is 10.0 Å². The average Bonchev–Trinajstić information content (AvgIpc) is 2.66. The van der Waals surface area contributed by atoms with E-state index in [1.165, 1.54) is 6.33 Å². The Bertz CT molecular complexity index is 1030. The van der Waals surface area contributed by atoms with Gasteiger partial charge in [-0.3, -0.25) is 0 Å². The van der Waals surface area contributed by atoms with Crippen molar-refractivity contribution in [1.29, 1.82) is 0 Å². The first-order valence-electron chi connectivity index (χ1n) is 8.13. The van der Waals surface area contributed by atoms with Crippen LogP contribution in [0.25, 0.3) is 0 Å². The number of halogens is 2. The molecule has 3 rings (SSSR count). The van der Waals surface area contributed by atoms with Gasteiger partial charge in [-0.2, -0.15) is 0 Å². The molecular formula is C17H16F2N6O2S. The molecule has 0 saturated heterocycles. The van der Waals surface area contributed by atoms with Crippen molar-refractivity contribution in [2.75, 3.05) is 23.7 Å². The minimum Gasteiger partial charge on any atom is -0.369 e. The number of benzene rings is 1. The van der Waals surface area contributed by atoms with Crippen LogP contribution in [0.15, 0.2) is 59.9 Å². The smallest absolute Gasteiger partial charge is 0.246 e. The lowest BCUT2D eigenvalue weighted by molar-refractivity contribution is 0.514. The van der Waals surface area contributed by atoms with E-state index >= 15 is 0 Å². The van der Waals surface area contributed by atoms with Gasteiger partial charge in [-0.25, -0.2) is 36.9 Å². The molecule has 0 amide bonds. The first-order chi connectivity index (χ1) is 13.5. The van der Waals surface area contributed by atoms with Crippen molar-refractivity contribution >= 4 is 27.5 Å². The standard InChI is InChI=1S/C17H16F2N6O2S/c18-12-4-3-5-13(19)17(12)28(26,27)24-9-8-21-15-10-16(23-11-22-15)25-14-6-1-2-7-20-14/h1-7,10-11,24H,8-9H2,(H2,20,21,22,23,25). The molecule has 0 atom stereocenters. The Morgan fingerprint density at radius 2 is 1.61 bits per heavy atom. The minimum atomic E-state index is -4.32. The van der Waals surface area contributed by atoms with E-state index in [1.54, 1.807) is 24.4 Å². The monoisotopic (exact) mass is 406 g/mol. The van der Waals surface area contributed by atoms with Gasteiger partial charge in [0.05, 0.1) is 0 Å². The van der Waals surface area contributed by atoms with E-state index in [9.17, 15) is 17.2 Å². The summed E-state index contributed by atoms with van der Waals surface area (Å²) < 4.78 is 53.6.